The van der Waals surface area contributed by atoms with Crippen molar-refractivity contribution in [2.75, 3.05) is 20.8 Å². The first kappa shape index (κ1) is 17.6. The molecule has 1 aromatic carbocycles. The highest BCUT2D eigenvalue weighted by Gasteiger charge is 2.34. The average Bonchev–Trinajstić information content (AvgIpc) is 2.60. The van der Waals surface area contributed by atoms with E-state index >= 15 is 0 Å². The van der Waals surface area contributed by atoms with Gasteiger partial charge in [0.25, 0.3) is 0 Å². The number of hydrogen-bond acceptors (Lipinski definition) is 5. The van der Waals surface area contributed by atoms with Crippen LogP contribution < -0.4 is 20.5 Å². The van der Waals surface area contributed by atoms with Crippen molar-refractivity contribution in [3.8, 4) is 17.6 Å². The largest absolute Gasteiger partial charge is 0.497 e. The van der Waals surface area contributed by atoms with Gasteiger partial charge < -0.3 is 25.4 Å². The Bertz CT molecular complexity index is 711. The number of nitrogens with two attached hydrogens (primary N) is 1. The third-order valence-electron chi connectivity index (χ3n) is 3.77. The number of benzene rings is 1. The molecule has 1 aliphatic rings. The fourth-order valence-electron chi connectivity index (χ4n) is 2.54. The van der Waals surface area contributed by atoms with Crippen LogP contribution in [0.4, 0.5) is 0 Å². The molecular weight excluding hydrogens is 324 g/mol. The number of thiocarbonyl (C=S) groups is 1. The third kappa shape index (κ3) is 3.78. The second kappa shape index (κ2) is 7.70. The second-order valence-electron chi connectivity index (χ2n) is 5.19. The van der Waals surface area contributed by atoms with Crippen molar-refractivity contribution in [2.24, 2.45) is 5.73 Å². The van der Waals surface area contributed by atoms with Crippen LogP contribution >= 0.6 is 12.2 Å². The number of hydrogen-bond donors (Lipinski definition) is 2. The fraction of sp³-hybridized carbons (Fsp3) is 0.294. The molecule has 1 atom stereocenters. The van der Waals surface area contributed by atoms with Gasteiger partial charge in [0.15, 0.2) is 5.11 Å². The first-order valence-corrected chi connectivity index (χ1v) is 7.78. The molecule has 2 rings (SSSR count). The zero-order chi connectivity index (χ0) is 17.6. The van der Waals surface area contributed by atoms with Gasteiger partial charge in [0.1, 0.15) is 17.6 Å². The molecule has 0 aliphatic carbocycles. The van der Waals surface area contributed by atoms with Crippen LogP contribution in [0.3, 0.4) is 0 Å². The van der Waals surface area contributed by atoms with E-state index < -0.39 is 5.66 Å². The Morgan fingerprint density at radius 1 is 1.38 bits per heavy atom. The van der Waals surface area contributed by atoms with Crippen molar-refractivity contribution < 1.29 is 9.47 Å². The van der Waals surface area contributed by atoms with Gasteiger partial charge in [-0.3, -0.25) is 0 Å². The molecule has 1 heterocycles. The van der Waals surface area contributed by atoms with Crippen molar-refractivity contribution in [2.45, 2.75) is 12.1 Å². The number of nitriles is 1. The Hall–Kier alpha value is -2.72. The zero-order valence-corrected chi connectivity index (χ0v) is 14.5. The van der Waals surface area contributed by atoms with Crippen molar-refractivity contribution in [3.05, 3.63) is 48.2 Å². The minimum absolute atomic E-state index is 0.0727. The van der Waals surface area contributed by atoms with Gasteiger partial charge in [-0.15, -0.1) is 0 Å². The van der Waals surface area contributed by atoms with Crippen molar-refractivity contribution in [3.63, 3.8) is 0 Å². The van der Waals surface area contributed by atoms with Crippen LogP contribution in [0.15, 0.2) is 42.6 Å². The maximum Gasteiger partial charge on any atom is 0.221 e. The minimum atomic E-state index is -1.08. The summed E-state index contributed by atoms with van der Waals surface area (Å²) in [7, 11) is 3.23. The maximum atomic E-state index is 9.63. The number of methoxy groups -OCH3 is 2. The Morgan fingerprint density at radius 3 is 2.79 bits per heavy atom. The van der Waals surface area contributed by atoms with E-state index in [9.17, 15) is 5.26 Å². The van der Waals surface area contributed by atoms with E-state index in [0.717, 1.165) is 17.1 Å². The molecule has 0 bridgehead atoms. The Morgan fingerprint density at radius 2 is 2.17 bits per heavy atom. The van der Waals surface area contributed by atoms with Crippen LogP contribution in [0.5, 0.6) is 11.5 Å². The van der Waals surface area contributed by atoms with Gasteiger partial charge in [-0.2, -0.15) is 5.26 Å². The van der Waals surface area contributed by atoms with E-state index in [4.69, 9.17) is 27.4 Å². The molecule has 0 spiro atoms. The first-order valence-electron chi connectivity index (χ1n) is 7.37. The van der Waals surface area contributed by atoms with Crippen LogP contribution in [-0.4, -0.2) is 36.4 Å². The predicted octanol–water partition coefficient (Wildman–Crippen LogP) is 1.68. The lowest BCUT2D eigenvalue weighted by atomic mass is 10.0. The summed E-state index contributed by atoms with van der Waals surface area (Å²) in [6, 6.07) is 7.92. The molecule has 1 aliphatic heterocycles. The lowest BCUT2D eigenvalue weighted by Crippen LogP contribution is -2.59. The smallest absolute Gasteiger partial charge is 0.221 e. The van der Waals surface area contributed by atoms with Gasteiger partial charge in [-0.25, -0.2) is 0 Å². The van der Waals surface area contributed by atoms with Crippen LogP contribution in [0.1, 0.15) is 5.56 Å². The molecule has 24 heavy (non-hydrogen) atoms. The molecule has 0 amide bonds. The highest BCUT2D eigenvalue weighted by molar-refractivity contribution is 7.80. The van der Waals surface area contributed by atoms with Gasteiger partial charge in [-0.05, 0) is 42.4 Å². The van der Waals surface area contributed by atoms with E-state index in [-0.39, 0.29) is 5.11 Å². The van der Waals surface area contributed by atoms with Gasteiger partial charge in [-0.1, -0.05) is 12.1 Å². The molecule has 7 heteroatoms. The first-order chi connectivity index (χ1) is 11.5. The van der Waals surface area contributed by atoms with Crippen LogP contribution in [-0.2, 0) is 6.42 Å². The second-order valence-corrected chi connectivity index (χ2v) is 5.63. The van der Waals surface area contributed by atoms with Gasteiger partial charge in [0, 0.05) is 18.8 Å². The molecule has 6 nitrogen and oxygen atoms in total. The predicted molar refractivity (Wildman–Crippen MR) is 96.5 cm³/mol. The number of ether oxygens (including phenoxy) is 2. The van der Waals surface area contributed by atoms with E-state index in [0.29, 0.717) is 13.0 Å². The monoisotopic (exact) mass is 344 g/mol. The summed E-state index contributed by atoms with van der Waals surface area (Å²) < 4.78 is 10.6. The molecule has 1 aromatic rings. The summed E-state index contributed by atoms with van der Waals surface area (Å²) in [5.41, 5.74) is 5.52. The fourth-order valence-corrected chi connectivity index (χ4v) is 2.70. The number of rotatable bonds is 6. The minimum Gasteiger partial charge on any atom is -0.497 e. The number of allylic oxidation sites excluding steroid dienone is 2. The summed E-state index contributed by atoms with van der Waals surface area (Å²) in [4.78, 5) is 1.86. The normalized spacial score (nSPS) is 18.8. The van der Waals surface area contributed by atoms with E-state index in [2.05, 4.69) is 11.4 Å². The quantitative estimate of drug-likeness (QED) is 0.760. The highest BCUT2D eigenvalue weighted by Crippen LogP contribution is 2.26. The summed E-state index contributed by atoms with van der Waals surface area (Å²) >= 11 is 4.91. The van der Waals surface area contributed by atoms with E-state index in [1.165, 1.54) is 0 Å². The molecule has 0 aromatic heterocycles. The Labute approximate surface area is 147 Å². The lowest BCUT2D eigenvalue weighted by Gasteiger charge is -2.38. The SMILES string of the molecule is COc1ccc(CCN2C=CC=CC2(C#N)NC(N)=S)c(OC)c1. The van der Waals surface area contributed by atoms with E-state index in [1.54, 1.807) is 26.4 Å². The standard InChI is InChI=1S/C17H20N4O2S/c1-22-14-6-5-13(15(11-14)23-2)7-10-21-9-4-3-8-17(21,12-18)20-16(19)24/h3-6,8-9,11H,7,10H2,1-2H3,(H3,19,20,24). The van der Waals surface area contributed by atoms with Gasteiger partial charge in [0.2, 0.25) is 5.66 Å². The van der Waals surface area contributed by atoms with Crippen molar-refractivity contribution in [1.29, 1.82) is 5.26 Å². The molecule has 0 fully saturated rings. The van der Waals surface area contributed by atoms with Crippen molar-refractivity contribution >= 4 is 17.3 Å². The maximum absolute atomic E-state index is 9.63. The number of nitrogens with one attached hydrogen (secondary N) is 1. The summed E-state index contributed by atoms with van der Waals surface area (Å²) in [5, 5.41) is 12.6. The van der Waals surface area contributed by atoms with Crippen LogP contribution in [0, 0.1) is 11.3 Å². The topological polar surface area (TPSA) is 83.5 Å². The molecular formula is C17H20N4O2S. The van der Waals surface area contributed by atoms with E-state index in [1.807, 2.05) is 35.4 Å². The van der Waals surface area contributed by atoms with Crippen LogP contribution in [0.2, 0.25) is 0 Å². The number of nitrogens with zero attached hydrogens (tertiary/aromatic N) is 2. The third-order valence-corrected chi connectivity index (χ3v) is 3.87. The summed E-state index contributed by atoms with van der Waals surface area (Å²) in [6.45, 7) is 0.576. The molecule has 0 radical (unpaired) electrons. The lowest BCUT2D eigenvalue weighted by molar-refractivity contribution is 0.235. The molecule has 0 saturated heterocycles. The average molecular weight is 344 g/mol. The summed E-state index contributed by atoms with van der Waals surface area (Å²) in [5.74, 6) is 1.48. The Balaban J connectivity index is 2.18. The molecule has 1 unspecified atom stereocenters. The van der Waals surface area contributed by atoms with Gasteiger partial charge >= 0.3 is 0 Å². The summed E-state index contributed by atoms with van der Waals surface area (Å²) in [6.07, 6.45) is 7.90. The highest BCUT2D eigenvalue weighted by atomic mass is 32.1. The van der Waals surface area contributed by atoms with Gasteiger partial charge in [0.05, 0.1) is 14.2 Å². The molecule has 126 valence electrons. The zero-order valence-electron chi connectivity index (χ0n) is 13.7. The molecule has 0 saturated carbocycles. The molecule has 3 N–H and O–H groups in total. The Kier molecular flexibility index (Phi) is 5.66. The van der Waals surface area contributed by atoms with Crippen LogP contribution in [0.25, 0.3) is 0 Å². The van der Waals surface area contributed by atoms with Crippen molar-refractivity contribution in [1.82, 2.24) is 10.2 Å².